The van der Waals surface area contributed by atoms with Crippen molar-refractivity contribution in [1.29, 1.82) is 0 Å². The molecule has 37 heavy (non-hydrogen) atoms. The molecule has 0 unspecified atom stereocenters. The summed E-state index contributed by atoms with van der Waals surface area (Å²) in [7, 11) is 1.64. The largest absolute Gasteiger partial charge is 0.497 e. The van der Waals surface area contributed by atoms with E-state index in [1.165, 1.54) is 5.57 Å². The first kappa shape index (κ1) is 26.0. The predicted octanol–water partition coefficient (Wildman–Crippen LogP) is 4.70. The highest BCUT2D eigenvalue weighted by Crippen LogP contribution is 2.17. The van der Waals surface area contributed by atoms with Gasteiger partial charge in [0.2, 0.25) is 0 Å². The van der Waals surface area contributed by atoms with Gasteiger partial charge < -0.3 is 24.4 Å². The molecule has 0 atom stereocenters. The molecule has 7 heteroatoms. The number of benzene rings is 3. The zero-order valence-electron chi connectivity index (χ0n) is 21.0. The van der Waals surface area contributed by atoms with E-state index in [2.05, 4.69) is 22.6 Å². The third-order valence-electron chi connectivity index (χ3n) is 5.91. The van der Waals surface area contributed by atoms with Crippen LogP contribution in [-0.2, 0) is 27.4 Å². The lowest BCUT2D eigenvalue weighted by Crippen LogP contribution is -2.31. The highest BCUT2D eigenvalue weighted by molar-refractivity contribution is 6.01. The first-order valence-electron chi connectivity index (χ1n) is 12.3. The van der Waals surface area contributed by atoms with Crippen LogP contribution in [0.25, 0.3) is 0 Å². The summed E-state index contributed by atoms with van der Waals surface area (Å²) in [5.74, 6) is 1.26. The molecule has 3 aromatic rings. The van der Waals surface area contributed by atoms with Gasteiger partial charge in [0.15, 0.2) is 6.61 Å². The number of nitrogens with zero attached hydrogens (tertiary/aromatic N) is 1. The molecule has 4 rings (SSSR count). The molecule has 0 fully saturated rings. The van der Waals surface area contributed by atoms with Crippen LogP contribution in [-0.4, -0.2) is 45.1 Å². The summed E-state index contributed by atoms with van der Waals surface area (Å²) >= 11 is 0. The number of hydrogen-bond donors (Lipinski definition) is 1. The van der Waals surface area contributed by atoms with Crippen molar-refractivity contribution in [3.05, 3.63) is 107 Å². The van der Waals surface area contributed by atoms with Crippen LogP contribution >= 0.6 is 0 Å². The van der Waals surface area contributed by atoms with Crippen LogP contribution in [0.5, 0.6) is 11.5 Å². The molecule has 7 nitrogen and oxygen atoms in total. The lowest BCUT2D eigenvalue weighted by atomic mass is 10.0. The van der Waals surface area contributed by atoms with Crippen LogP contribution in [0.4, 0.5) is 0 Å². The minimum Gasteiger partial charge on any atom is -0.497 e. The van der Waals surface area contributed by atoms with Gasteiger partial charge in [-0.25, -0.2) is 0 Å². The third-order valence-corrected chi connectivity index (χ3v) is 5.91. The van der Waals surface area contributed by atoms with Crippen LogP contribution in [0.3, 0.4) is 0 Å². The van der Waals surface area contributed by atoms with E-state index < -0.39 is 0 Å². The highest BCUT2D eigenvalue weighted by Gasteiger charge is 2.10. The maximum Gasteiger partial charge on any atom is 0.258 e. The molecule has 0 spiro atoms. The van der Waals surface area contributed by atoms with E-state index in [4.69, 9.17) is 19.0 Å². The molecule has 0 aromatic heterocycles. The number of carbonyl (C=O) groups is 1. The number of ether oxygens (including phenoxy) is 3. The van der Waals surface area contributed by atoms with Gasteiger partial charge in [-0.15, -0.1) is 0 Å². The Labute approximate surface area is 217 Å². The Balaban J connectivity index is 1.35. The van der Waals surface area contributed by atoms with Crippen LogP contribution in [0.2, 0.25) is 0 Å². The smallest absolute Gasteiger partial charge is 0.258 e. The molecule has 0 bridgehead atoms. The lowest BCUT2D eigenvalue weighted by molar-refractivity contribution is -0.122. The van der Waals surface area contributed by atoms with E-state index in [0.29, 0.717) is 38.5 Å². The van der Waals surface area contributed by atoms with Gasteiger partial charge in [0, 0.05) is 13.0 Å². The Morgan fingerprint density at radius 1 is 0.946 bits per heavy atom. The average Bonchev–Trinajstić information content (AvgIpc) is 2.96. The third kappa shape index (κ3) is 8.51. The summed E-state index contributed by atoms with van der Waals surface area (Å²) in [5, 5.41) is 7.36. The molecule has 1 aliphatic rings. The number of rotatable bonds is 12. The van der Waals surface area contributed by atoms with Crippen LogP contribution < -0.4 is 14.8 Å². The minimum absolute atomic E-state index is 0.0426. The monoisotopic (exact) mass is 500 g/mol. The maximum atomic E-state index is 12.2. The number of nitrogens with one attached hydrogen (secondary N) is 1. The maximum absolute atomic E-state index is 12.2. The van der Waals surface area contributed by atoms with Crippen molar-refractivity contribution in [2.24, 2.45) is 5.16 Å². The van der Waals surface area contributed by atoms with Gasteiger partial charge in [0.05, 0.1) is 26.0 Å². The van der Waals surface area contributed by atoms with Crippen LogP contribution in [0, 0.1) is 0 Å². The van der Waals surface area contributed by atoms with Gasteiger partial charge in [-0.1, -0.05) is 59.3 Å². The quantitative estimate of drug-likeness (QED) is 0.222. The molecular weight excluding hydrogens is 468 g/mol. The van der Waals surface area contributed by atoms with E-state index in [1.807, 2.05) is 72.8 Å². The molecule has 3 aromatic carbocycles. The van der Waals surface area contributed by atoms with Crippen molar-refractivity contribution in [3.63, 3.8) is 0 Å². The van der Waals surface area contributed by atoms with Gasteiger partial charge in [-0.05, 0) is 59.5 Å². The Kier molecular flexibility index (Phi) is 9.72. The van der Waals surface area contributed by atoms with Gasteiger partial charge in [0.1, 0.15) is 18.1 Å². The van der Waals surface area contributed by atoms with Crippen LogP contribution in [0.15, 0.2) is 95.7 Å². The Morgan fingerprint density at radius 2 is 1.70 bits per heavy atom. The molecule has 192 valence electrons. The van der Waals surface area contributed by atoms with Gasteiger partial charge in [-0.3, -0.25) is 4.79 Å². The average molecular weight is 501 g/mol. The number of oxime groups is 1. The fraction of sp³-hybridized carbons (Fsp3) is 0.267. The standard InChI is InChI=1S/C30H32N2O5/c1-34-27-11-7-25(8-12-27)21-37-32-29(19-23-5-3-2-4-6-23)26-9-13-28(14-10-26)36-22-30(33)31-20-24-15-17-35-18-16-24/h2-15H,16-22H2,1H3,(H,31,33). The van der Waals surface area contributed by atoms with Crippen molar-refractivity contribution in [1.82, 2.24) is 5.32 Å². The molecule has 0 aliphatic carbocycles. The van der Waals surface area contributed by atoms with E-state index in [9.17, 15) is 4.79 Å². The summed E-state index contributed by atoms with van der Waals surface area (Å²) in [4.78, 5) is 17.9. The number of methoxy groups -OCH3 is 1. The second-order valence-electron chi connectivity index (χ2n) is 8.60. The summed E-state index contributed by atoms with van der Waals surface area (Å²) in [6.07, 6.45) is 3.48. The van der Waals surface area contributed by atoms with Crippen molar-refractivity contribution >= 4 is 11.6 Å². The Morgan fingerprint density at radius 3 is 2.41 bits per heavy atom. The zero-order valence-corrected chi connectivity index (χ0v) is 21.0. The molecule has 1 aliphatic heterocycles. The molecule has 0 saturated heterocycles. The molecular formula is C30H32N2O5. The summed E-state index contributed by atoms with van der Waals surface area (Å²) < 4.78 is 16.2. The summed E-state index contributed by atoms with van der Waals surface area (Å²) in [6.45, 7) is 2.14. The fourth-order valence-electron chi connectivity index (χ4n) is 3.76. The normalized spacial score (nSPS) is 13.4. The SMILES string of the molecule is COc1ccc(CON=C(Cc2ccccc2)c2ccc(OCC(=O)NCC3=CCOCC3)cc2)cc1. The molecule has 0 radical (unpaired) electrons. The van der Waals surface area contributed by atoms with E-state index in [-0.39, 0.29) is 12.5 Å². The van der Waals surface area contributed by atoms with Gasteiger partial charge in [-0.2, -0.15) is 0 Å². The molecule has 0 saturated carbocycles. The molecule has 1 heterocycles. The first-order chi connectivity index (χ1) is 18.2. The Hall–Kier alpha value is -4.10. The first-order valence-corrected chi connectivity index (χ1v) is 12.3. The highest BCUT2D eigenvalue weighted by atomic mass is 16.6. The van der Waals surface area contributed by atoms with E-state index in [0.717, 1.165) is 34.6 Å². The second kappa shape index (κ2) is 13.8. The van der Waals surface area contributed by atoms with Crippen LogP contribution in [0.1, 0.15) is 23.1 Å². The number of hydrogen-bond acceptors (Lipinski definition) is 6. The predicted molar refractivity (Wildman–Crippen MR) is 143 cm³/mol. The summed E-state index contributed by atoms with van der Waals surface area (Å²) in [5.41, 5.74) is 5.03. The van der Waals surface area contributed by atoms with Crippen molar-refractivity contribution in [2.75, 3.05) is 33.5 Å². The number of amides is 1. The molecule has 1 N–H and O–H groups in total. The Bertz CT molecular complexity index is 1190. The van der Waals surface area contributed by atoms with Crippen molar-refractivity contribution in [2.45, 2.75) is 19.4 Å². The van der Waals surface area contributed by atoms with Gasteiger partial charge in [0.25, 0.3) is 5.91 Å². The lowest BCUT2D eigenvalue weighted by Gasteiger charge is -2.14. The van der Waals surface area contributed by atoms with Crippen molar-refractivity contribution in [3.8, 4) is 11.5 Å². The summed E-state index contributed by atoms with van der Waals surface area (Å²) in [6, 6.07) is 25.4. The van der Waals surface area contributed by atoms with E-state index in [1.54, 1.807) is 7.11 Å². The second-order valence-corrected chi connectivity index (χ2v) is 8.60. The van der Waals surface area contributed by atoms with E-state index >= 15 is 0 Å². The zero-order chi connectivity index (χ0) is 25.7. The van der Waals surface area contributed by atoms with Crippen molar-refractivity contribution < 1.29 is 23.8 Å². The topological polar surface area (TPSA) is 78.4 Å². The minimum atomic E-state index is -0.158. The van der Waals surface area contributed by atoms with Gasteiger partial charge >= 0.3 is 0 Å². The fourth-order valence-corrected chi connectivity index (χ4v) is 3.76. The number of carbonyl (C=O) groups excluding carboxylic acids is 1. The molecule has 1 amide bonds.